The Balaban J connectivity index is 0.851. The van der Waals surface area contributed by atoms with Crippen LogP contribution < -0.4 is 39.9 Å². The highest BCUT2D eigenvalue weighted by Gasteiger charge is 2.40. The number of nitrogens with one attached hydrogen (secondary N) is 4. The number of carbonyl (C=O) groups is 4. The van der Waals surface area contributed by atoms with E-state index in [4.69, 9.17) is 21.1 Å². The fourth-order valence-corrected chi connectivity index (χ4v) is 9.89. The van der Waals surface area contributed by atoms with Crippen molar-refractivity contribution in [3.8, 4) is 11.5 Å². The number of sulfonamides is 1. The fourth-order valence-electron chi connectivity index (χ4n) is 9.25. The summed E-state index contributed by atoms with van der Waals surface area (Å²) in [5, 5.41) is 12.3. The summed E-state index contributed by atoms with van der Waals surface area (Å²) in [6.45, 7) is 6.96. The predicted molar refractivity (Wildman–Crippen MR) is 257 cm³/mol. The lowest BCUT2D eigenvalue weighted by molar-refractivity contribution is -0.137. The van der Waals surface area contributed by atoms with Gasteiger partial charge in [0.1, 0.15) is 22.6 Å². The van der Waals surface area contributed by atoms with Crippen molar-refractivity contribution in [1.82, 2.24) is 30.0 Å². The lowest BCUT2D eigenvalue weighted by Crippen LogP contribution is -2.55. The van der Waals surface area contributed by atoms with Gasteiger partial charge in [0.25, 0.3) is 5.91 Å². The van der Waals surface area contributed by atoms with Crippen molar-refractivity contribution in [3.63, 3.8) is 0 Å². The molecule has 21 heteroatoms. The number of imide groups is 1. The molecule has 1 atom stereocenters. The first-order valence-electron chi connectivity index (χ1n) is 22.3. The van der Waals surface area contributed by atoms with Gasteiger partial charge in [-0.3, -0.25) is 33.7 Å². The highest BCUT2D eigenvalue weighted by molar-refractivity contribution is 7.92. The number of methoxy groups -OCH3 is 2. The fraction of sp³-hybridized carbons (Fsp3) is 0.435. The molecule has 4 aliphatic heterocycles. The first-order valence-corrected chi connectivity index (χ1v) is 24.5. The number of amides is 4. The van der Waals surface area contributed by atoms with Gasteiger partial charge in [0.2, 0.25) is 33.7 Å². The van der Waals surface area contributed by atoms with Gasteiger partial charge in [0.05, 0.1) is 50.3 Å². The molecule has 0 spiro atoms. The lowest BCUT2D eigenvalue weighted by atomic mass is 9.99. The Kier molecular flexibility index (Phi) is 14.0. The molecule has 0 saturated carbocycles. The molecule has 4 aliphatic rings. The molecule has 4 N–H and O–H groups in total. The van der Waals surface area contributed by atoms with E-state index in [1.165, 1.54) is 25.3 Å². The van der Waals surface area contributed by atoms with Crippen LogP contribution in [0.4, 0.5) is 40.2 Å². The molecular weight excluding hydrogens is 902 g/mol. The number of fused-ring (bicyclic) bond motifs is 1. The molecule has 0 aliphatic carbocycles. The zero-order valence-electron chi connectivity index (χ0n) is 38.2. The van der Waals surface area contributed by atoms with Gasteiger partial charge in [-0.05, 0) is 61.6 Å². The maximum Gasteiger partial charge on any atom is 0.255 e. The highest BCUT2D eigenvalue weighted by atomic mass is 35.5. The first kappa shape index (κ1) is 47.1. The van der Waals surface area contributed by atoms with Gasteiger partial charge in [-0.2, -0.15) is 4.98 Å². The number of piperidine rings is 2. The first-order chi connectivity index (χ1) is 32.1. The minimum atomic E-state index is -3.60. The molecule has 1 aromatic heterocycles. The Bertz CT molecular complexity index is 2670. The Morgan fingerprint density at radius 1 is 0.940 bits per heavy atom. The number of rotatable bonds is 15. The summed E-state index contributed by atoms with van der Waals surface area (Å²) < 4.78 is 37.3. The molecule has 5 heterocycles. The van der Waals surface area contributed by atoms with Crippen LogP contribution in [-0.4, -0.2) is 142 Å². The Hall–Kier alpha value is -6.38. The van der Waals surface area contributed by atoms with Gasteiger partial charge in [0.15, 0.2) is 5.82 Å². The zero-order chi connectivity index (χ0) is 47.6. The van der Waals surface area contributed by atoms with E-state index in [2.05, 4.69) is 60.1 Å². The molecule has 4 aromatic rings. The number of carbonyl (C=O) groups excluding carboxylic acids is 4. The number of benzene rings is 3. The van der Waals surface area contributed by atoms with E-state index in [0.717, 1.165) is 72.8 Å². The minimum Gasteiger partial charge on any atom is -0.497 e. The van der Waals surface area contributed by atoms with E-state index >= 15 is 0 Å². The largest absolute Gasteiger partial charge is 0.497 e. The van der Waals surface area contributed by atoms with Gasteiger partial charge in [-0.15, -0.1) is 0 Å². The van der Waals surface area contributed by atoms with Crippen molar-refractivity contribution in [2.24, 2.45) is 0 Å². The van der Waals surface area contributed by atoms with Gasteiger partial charge < -0.3 is 40.1 Å². The summed E-state index contributed by atoms with van der Waals surface area (Å²) in [6.07, 6.45) is 5.77. The average Bonchev–Trinajstić information content (AvgIpc) is 3.67. The van der Waals surface area contributed by atoms with Gasteiger partial charge in [-0.1, -0.05) is 24.6 Å². The number of nitrogens with zero attached hydrogens (tertiary/aromatic N) is 7. The smallest absolute Gasteiger partial charge is 0.255 e. The lowest BCUT2D eigenvalue weighted by Gasteiger charge is -2.43. The SMILES string of the molecule is CCc1cc(Nc2ncc(Cl)c(Nc3ccc(OC)cc3N(C)S(C)(=O)=O)n2)c(OC)cc1N1CCC(N2CCN(C(=O)CNc3cccc4c3CN(C3CCC(=O)NC3=O)C4=O)CC2)CC1. The number of piperazine rings is 1. The van der Waals surface area contributed by atoms with Crippen LogP contribution in [0.3, 0.4) is 0 Å². The Morgan fingerprint density at radius 2 is 1.70 bits per heavy atom. The van der Waals surface area contributed by atoms with Gasteiger partial charge in [0, 0.05) is 100.0 Å². The van der Waals surface area contributed by atoms with E-state index in [1.807, 2.05) is 11.0 Å². The second-order valence-electron chi connectivity index (χ2n) is 17.0. The van der Waals surface area contributed by atoms with Crippen molar-refractivity contribution in [2.45, 2.75) is 57.7 Å². The molecule has 8 rings (SSSR count). The van der Waals surface area contributed by atoms with Crippen LogP contribution >= 0.6 is 11.6 Å². The maximum absolute atomic E-state index is 13.4. The molecule has 356 valence electrons. The van der Waals surface area contributed by atoms with Crippen molar-refractivity contribution in [1.29, 1.82) is 0 Å². The predicted octanol–water partition coefficient (Wildman–Crippen LogP) is 4.58. The van der Waals surface area contributed by atoms with Crippen molar-refractivity contribution in [2.75, 3.05) is 98.5 Å². The van der Waals surface area contributed by atoms with Crippen LogP contribution in [0, 0.1) is 0 Å². The maximum atomic E-state index is 13.4. The van der Waals surface area contributed by atoms with Crippen LogP contribution in [-0.2, 0) is 37.4 Å². The molecule has 19 nitrogen and oxygen atoms in total. The van der Waals surface area contributed by atoms with E-state index < -0.39 is 22.0 Å². The summed E-state index contributed by atoms with van der Waals surface area (Å²) in [5.74, 6) is 0.558. The van der Waals surface area contributed by atoms with Crippen molar-refractivity contribution >= 4 is 85.5 Å². The van der Waals surface area contributed by atoms with Crippen molar-refractivity contribution in [3.05, 3.63) is 76.4 Å². The summed E-state index contributed by atoms with van der Waals surface area (Å²) >= 11 is 6.55. The van der Waals surface area contributed by atoms with E-state index in [1.54, 1.807) is 37.4 Å². The Morgan fingerprint density at radius 3 is 2.39 bits per heavy atom. The van der Waals surface area contributed by atoms with Crippen LogP contribution in [0.15, 0.2) is 54.7 Å². The van der Waals surface area contributed by atoms with E-state index in [0.29, 0.717) is 58.9 Å². The average molecular weight is 959 g/mol. The molecular formula is C46H56ClN11O8S. The van der Waals surface area contributed by atoms with Gasteiger partial charge >= 0.3 is 0 Å². The van der Waals surface area contributed by atoms with Crippen LogP contribution in [0.5, 0.6) is 11.5 Å². The summed E-state index contributed by atoms with van der Waals surface area (Å²) in [5.41, 5.74) is 5.63. The molecule has 1 unspecified atom stereocenters. The van der Waals surface area contributed by atoms with E-state index in [9.17, 15) is 27.6 Å². The van der Waals surface area contributed by atoms with E-state index in [-0.39, 0.29) is 60.4 Å². The topological polar surface area (TPSA) is 211 Å². The molecule has 0 radical (unpaired) electrons. The number of anilines is 7. The van der Waals surface area contributed by atoms with Gasteiger partial charge in [-0.25, -0.2) is 13.4 Å². The number of hydrogen-bond donors (Lipinski definition) is 4. The molecule has 67 heavy (non-hydrogen) atoms. The molecule has 4 amide bonds. The molecule has 3 aromatic carbocycles. The third-order valence-electron chi connectivity index (χ3n) is 13.1. The van der Waals surface area contributed by atoms with Crippen LogP contribution in [0.1, 0.15) is 54.1 Å². The Labute approximate surface area is 395 Å². The third-order valence-corrected chi connectivity index (χ3v) is 14.5. The number of ether oxygens (including phenoxy) is 2. The third kappa shape index (κ3) is 10.2. The number of halogens is 1. The van der Waals surface area contributed by atoms with Crippen LogP contribution in [0.2, 0.25) is 5.02 Å². The number of aromatic nitrogens is 2. The molecule has 0 bridgehead atoms. The second-order valence-corrected chi connectivity index (χ2v) is 19.4. The standard InChI is InChI=1S/C46H56ClN11O8S/c1-6-28-22-36(51-46-49-25-33(47)43(53-46)50-35-11-10-30(65-3)23-39(35)54(2)67(5,63)64)40(66-4)24-38(28)56-16-14-29(15-17-56)55-18-20-57(21-19-55)42(60)26-48-34-9-7-8-31-32(34)27-58(45(31)62)37-12-13-41(59)52-44(37)61/h7-11,22-25,29,37,48H,6,12-21,26-27H2,1-5H3,(H,52,59,61)(H2,49,50,51,53). The summed E-state index contributed by atoms with van der Waals surface area (Å²) in [4.78, 5) is 68.3. The normalized spacial score (nSPS) is 18.1. The molecule has 3 fully saturated rings. The van der Waals surface area contributed by atoms with Crippen molar-refractivity contribution < 1.29 is 37.1 Å². The summed E-state index contributed by atoms with van der Waals surface area (Å²) in [7, 11) is 0.978. The number of aryl methyl sites for hydroxylation is 1. The second kappa shape index (κ2) is 19.8. The monoisotopic (exact) mass is 957 g/mol. The highest BCUT2D eigenvalue weighted by Crippen LogP contribution is 2.39. The number of hydrogen-bond acceptors (Lipinski definition) is 15. The van der Waals surface area contributed by atoms with Crippen LogP contribution in [0.25, 0.3) is 0 Å². The zero-order valence-corrected chi connectivity index (χ0v) is 39.8. The molecule has 3 saturated heterocycles. The minimum absolute atomic E-state index is 0.0146. The quantitative estimate of drug-likeness (QED) is 0.120. The summed E-state index contributed by atoms with van der Waals surface area (Å²) in [6, 6.07) is 14.1.